The standard InChI is InChI=1S/C13H23NO3/c1-13(8-4-5-9-13)12(16)14-10-6-3-7-11(15)17-2/h3-10H2,1-2H3,(H,14,16). The fourth-order valence-corrected chi connectivity index (χ4v) is 2.29. The summed E-state index contributed by atoms with van der Waals surface area (Å²) in [5.74, 6) is -0.00727. The number of nitrogens with one attached hydrogen (secondary N) is 1. The van der Waals surface area contributed by atoms with E-state index in [9.17, 15) is 9.59 Å². The molecule has 0 aromatic carbocycles. The number of carbonyl (C=O) groups excluding carboxylic acids is 2. The van der Waals surface area contributed by atoms with Crippen molar-refractivity contribution in [2.45, 2.75) is 51.9 Å². The van der Waals surface area contributed by atoms with Crippen LogP contribution in [0.3, 0.4) is 0 Å². The van der Waals surface area contributed by atoms with Crippen LogP contribution < -0.4 is 5.32 Å². The molecular formula is C13H23NO3. The highest BCUT2D eigenvalue weighted by Crippen LogP contribution is 2.37. The minimum absolute atomic E-state index is 0.150. The van der Waals surface area contributed by atoms with Crippen LogP contribution >= 0.6 is 0 Å². The summed E-state index contributed by atoms with van der Waals surface area (Å²) in [5, 5.41) is 2.97. The summed E-state index contributed by atoms with van der Waals surface area (Å²) in [5.41, 5.74) is -0.150. The lowest BCUT2D eigenvalue weighted by Gasteiger charge is -2.22. The third-order valence-electron chi connectivity index (χ3n) is 3.58. The van der Waals surface area contributed by atoms with Gasteiger partial charge in [-0.3, -0.25) is 9.59 Å². The van der Waals surface area contributed by atoms with Crippen LogP contribution in [0.5, 0.6) is 0 Å². The molecule has 0 saturated heterocycles. The topological polar surface area (TPSA) is 55.4 Å². The van der Waals surface area contributed by atoms with Crippen molar-refractivity contribution in [3.63, 3.8) is 0 Å². The Kier molecular flexibility index (Phi) is 5.45. The number of rotatable bonds is 6. The van der Waals surface area contributed by atoms with Crippen molar-refractivity contribution in [1.82, 2.24) is 5.32 Å². The monoisotopic (exact) mass is 241 g/mol. The van der Waals surface area contributed by atoms with Gasteiger partial charge < -0.3 is 10.1 Å². The molecule has 0 aliphatic heterocycles. The molecule has 0 unspecified atom stereocenters. The van der Waals surface area contributed by atoms with E-state index in [-0.39, 0.29) is 17.3 Å². The molecule has 0 aromatic heterocycles. The van der Waals surface area contributed by atoms with Crippen molar-refractivity contribution in [3.8, 4) is 0 Å². The van der Waals surface area contributed by atoms with Crippen LogP contribution in [0, 0.1) is 5.41 Å². The third kappa shape index (κ3) is 4.36. The molecule has 0 atom stereocenters. The molecule has 17 heavy (non-hydrogen) atoms. The first-order valence-corrected chi connectivity index (χ1v) is 6.43. The molecule has 1 rings (SSSR count). The van der Waals surface area contributed by atoms with Gasteiger partial charge in [0.25, 0.3) is 0 Å². The SMILES string of the molecule is COC(=O)CCCCNC(=O)C1(C)CCCC1. The van der Waals surface area contributed by atoms with Gasteiger partial charge in [0.1, 0.15) is 0 Å². The van der Waals surface area contributed by atoms with Gasteiger partial charge in [-0.1, -0.05) is 19.8 Å². The number of ether oxygens (including phenoxy) is 1. The molecule has 0 aromatic rings. The summed E-state index contributed by atoms with van der Waals surface area (Å²) in [6.07, 6.45) is 6.35. The Balaban J connectivity index is 2.10. The second-order valence-electron chi connectivity index (χ2n) is 5.06. The Morgan fingerprint density at radius 2 is 1.88 bits per heavy atom. The van der Waals surface area contributed by atoms with Crippen molar-refractivity contribution < 1.29 is 14.3 Å². The molecule has 1 aliphatic carbocycles. The molecule has 0 spiro atoms. The van der Waals surface area contributed by atoms with E-state index in [1.165, 1.54) is 7.11 Å². The highest BCUT2D eigenvalue weighted by molar-refractivity contribution is 5.82. The van der Waals surface area contributed by atoms with E-state index >= 15 is 0 Å². The zero-order valence-electron chi connectivity index (χ0n) is 10.9. The van der Waals surface area contributed by atoms with E-state index in [0.29, 0.717) is 13.0 Å². The molecule has 4 heteroatoms. The van der Waals surface area contributed by atoms with Crippen molar-refractivity contribution >= 4 is 11.9 Å². The smallest absolute Gasteiger partial charge is 0.305 e. The van der Waals surface area contributed by atoms with Crippen LogP contribution in [0.1, 0.15) is 51.9 Å². The van der Waals surface area contributed by atoms with Gasteiger partial charge in [0.05, 0.1) is 7.11 Å². The molecule has 0 radical (unpaired) electrons. The number of hydrogen-bond donors (Lipinski definition) is 1. The van der Waals surface area contributed by atoms with E-state index < -0.39 is 0 Å². The van der Waals surface area contributed by atoms with E-state index in [4.69, 9.17) is 0 Å². The Hall–Kier alpha value is -1.06. The second kappa shape index (κ2) is 6.62. The predicted octanol–water partition coefficient (Wildman–Crippen LogP) is 2.03. The fourth-order valence-electron chi connectivity index (χ4n) is 2.29. The zero-order chi connectivity index (χ0) is 12.7. The molecule has 1 N–H and O–H groups in total. The van der Waals surface area contributed by atoms with Gasteiger partial charge in [0.2, 0.25) is 5.91 Å². The third-order valence-corrected chi connectivity index (χ3v) is 3.58. The van der Waals surface area contributed by atoms with Gasteiger partial charge in [-0.2, -0.15) is 0 Å². The molecule has 98 valence electrons. The number of carbonyl (C=O) groups is 2. The lowest BCUT2D eigenvalue weighted by molar-refractivity contribution is -0.140. The summed E-state index contributed by atoms with van der Waals surface area (Å²) in [6, 6.07) is 0. The zero-order valence-corrected chi connectivity index (χ0v) is 10.9. The van der Waals surface area contributed by atoms with Crippen LogP contribution in [-0.2, 0) is 14.3 Å². The molecule has 4 nitrogen and oxygen atoms in total. The molecule has 0 heterocycles. The van der Waals surface area contributed by atoms with E-state index in [0.717, 1.165) is 38.5 Å². The lowest BCUT2D eigenvalue weighted by Crippen LogP contribution is -2.37. The van der Waals surface area contributed by atoms with E-state index in [2.05, 4.69) is 10.1 Å². The normalized spacial score (nSPS) is 17.8. The Morgan fingerprint density at radius 3 is 2.47 bits per heavy atom. The van der Waals surface area contributed by atoms with Crippen LogP contribution in [0.4, 0.5) is 0 Å². The number of esters is 1. The van der Waals surface area contributed by atoms with Crippen LogP contribution in [-0.4, -0.2) is 25.5 Å². The Morgan fingerprint density at radius 1 is 1.24 bits per heavy atom. The van der Waals surface area contributed by atoms with Gasteiger partial charge >= 0.3 is 5.97 Å². The second-order valence-corrected chi connectivity index (χ2v) is 5.06. The fraction of sp³-hybridized carbons (Fsp3) is 0.846. The maximum absolute atomic E-state index is 11.9. The Labute approximate surface area is 103 Å². The first-order chi connectivity index (χ1) is 8.08. The van der Waals surface area contributed by atoms with Gasteiger partial charge in [0, 0.05) is 18.4 Å². The average Bonchev–Trinajstić information content (AvgIpc) is 2.76. The summed E-state index contributed by atoms with van der Waals surface area (Å²) in [7, 11) is 1.39. The average molecular weight is 241 g/mol. The molecular weight excluding hydrogens is 218 g/mol. The number of unbranched alkanes of at least 4 members (excludes halogenated alkanes) is 1. The molecule has 1 saturated carbocycles. The Bertz CT molecular complexity index is 270. The maximum atomic E-state index is 11.9. The van der Waals surface area contributed by atoms with E-state index in [1.54, 1.807) is 0 Å². The van der Waals surface area contributed by atoms with Gasteiger partial charge in [-0.25, -0.2) is 0 Å². The van der Waals surface area contributed by atoms with Crippen molar-refractivity contribution in [1.29, 1.82) is 0 Å². The molecule has 0 bridgehead atoms. The highest BCUT2D eigenvalue weighted by Gasteiger charge is 2.35. The van der Waals surface area contributed by atoms with Crippen LogP contribution in [0.15, 0.2) is 0 Å². The van der Waals surface area contributed by atoms with Crippen molar-refractivity contribution in [2.75, 3.05) is 13.7 Å². The molecule has 1 amide bonds. The first kappa shape index (κ1) is 14.0. The number of hydrogen-bond acceptors (Lipinski definition) is 3. The van der Waals surface area contributed by atoms with E-state index in [1.807, 2.05) is 6.92 Å². The molecule has 1 aliphatic rings. The van der Waals surface area contributed by atoms with Crippen molar-refractivity contribution in [2.24, 2.45) is 5.41 Å². The minimum Gasteiger partial charge on any atom is -0.469 e. The van der Waals surface area contributed by atoms with Gasteiger partial charge in [-0.05, 0) is 25.7 Å². The predicted molar refractivity (Wildman–Crippen MR) is 65.5 cm³/mol. The summed E-state index contributed by atoms with van der Waals surface area (Å²) in [4.78, 5) is 22.8. The van der Waals surface area contributed by atoms with Crippen LogP contribution in [0.2, 0.25) is 0 Å². The highest BCUT2D eigenvalue weighted by atomic mass is 16.5. The largest absolute Gasteiger partial charge is 0.469 e. The summed E-state index contributed by atoms with van der Waals surface area (Å²) < 4.78 is 4.55. The molecule has 1 fully saturated rings. The lowest BCUT2D eigenvalue weighted by atomic mass is 9.88. The minimum atomic E-state index is -0.181. The number of amides is 1. The maximum Gasteiger partial charge on any atom is 0.305 e. The van der Waals surface area contributed by atoms with Crippen molar-refractivity contribution in [3.05, 3.63) is 0 Å². The van der Waals surface area contributed by atoms with Crippen LogP contribution in [0.25, 0.3) is 0 Å². The summed E-state index contributed by atoms with van der Waals surface area (Å²) in [6.45, 7) is 2.70. The quantitative estimate of drug-likeness (QED) is 0.572. The first-order valence-electron chi connectivity index (χ1n) is 6.43. The number of methoxy groups -OCH3 is 1. The van der Waals surface area contributed by atoms with Gasteiger partial charge in [-0.15, -0.1) is 0 Å². The summed E-state index contributed by atoms with van der Waals surface area (Å²) >= 11 is 0. The van der Waals surface area contributed by atoms with Gasteiger partial charge in [0.15, 0.2) is 0 Å².